The minimum absolute atomic E-state index is 0. The summed E-state index contributed by atoms with van der Waals surface area (Å²) in [6.07, 6.45) is 0. The van der Waals surface area contributed by atoms with E-state index >= 15 is 0 Å². The third-order valence-electron chi connectivity index (χ3n) is 1.49. The second kappa shape index (κ2) is 6.84. The lowest BCUT2D eigenvalue weighted by molar-refractivity contribution is -0.152. The molecule has 0 spiro atoms. The number of carbonyl (C=O) groups is 2. The predicted molar refractivity (Wildman–Crippen MR) is 59.0 cm³/mol. The molecular formula is C10H12ClNO3. The van der Waals surface area contributed by atoms with Gasteiger partial charge in [-0.05, 0) is 19.1 Å². The Kier molecular flexibility index (Phi) is 6.13. The zero-order valence-electron chi connectivity index (χ0n) is 8.23. The van der Waals surface area contributed by atoms with Gasteiger partial charge in [-0.25, -0.2) is 4.79 Å². The summed E-state index contributed by atoms with van der Waals surface area (Å²) in [4.78, 5) is 22.0. The standard InChI is InChI=1S/C10H11NO3.ClH/c1-2-14-10(13)9(12)11-8-6-4-3-5-7-8;/h3-7H,2H2,1H3,(H,11,12);1H. The third kappa shape index (κ3) is 4.46. The largest absolute Gasteiger partial charge is 0.459 e. The summed E-state index contributed by atoms with van der Waals surface area (Å²) >= 11 is 0. The van der Waals surface area contributed by atoms with E-state index in [-0.39, 0.29) is 19.0 Å². The van der Waals surface area contributed by atoms with Crippen molar-refractivity contribution in [2.24, 2.45) is 0 Å². The second-order valence-electron chi connectivity index (χ2n) is 2.54. The first-order chi connectivity index (χ1) is 6.74. The summed E-state index contributed by atoms with van der Waals surface area (Å²) in [6, 6.07) is 8.73. The van der Waals surface area contributed by atoms with Crippen LogP contribution in [0.4, 0.5) is 5.69 Å². The van der Waals surface area contributed by atoms with Crippen LogP contribution in [0.5, 0.6) is 0 Å². The monoisotopic (exact) mass is 229 g/mol. The van der Waals surface area contributed by atoms with E-state index < -0.39 is 11.9 Å². The molecule has 0 aliphatic carbocycles. The van der Waals surface area contributed by atoms with Crippen LogP contribution in [0.2, 0.25) is 0 Å². The number of ether oxygens (including phenoxy) is 1. The fraction of sp³-hybridized carbons (Fsp3) is 0.200. The number of rotatable bonds is 2. The molecule has 1 rings (SSSR count). The Morgan fingerprint density at radius 2 is 1.87 bits per heavy atom. The summed E-state index contributed by atoms with van der Waals surface area (Å²) in [5, 5.41) is 2.41. The van der Waals surface area contributed by atoms with Gasteiger partial charge in [0, 0.05) is 5.69 Å². The molecular weight excluding hydrogens is 218 g/mol. The van der Waals surface area contributed by atoms with E-state index in [0.29, 0.717) is 5.69 Å². The number of para-hydroxylation sites is 1. The summed E-state index contributed by atoms with van der Waals surface area (Å²) in [5.74, 6) is -1.62. The summed E-state index contributed by atoms with van der Waals surface area (Å²) in [6.45, 7) is 1.84. The minimum atomic E-state index is -0.864. The Bertz CT molecular complexity index is 327. The molecule has 1 aromatic carbocycles. The summed E-state index contributed by atoms with van der Waals surface area (Å²) in [7, 11) is 0. The maximum absolute atomic E-state index is 11.1. The lowest BCUT2D eigenvalue weighted by Gasteiger charge is -2.03. The van der Waals surface area contributed by atoms with Gasteiger partial charge < -0.3 is 10.1 Å². The smallest absolute Gasteiger partial charge is 0.397 e. The van der Waals surface area contributed by atoms with E-state index in [4.69, 9.17) is 0 Å². The average Bonchev–Trinajstić information content (AvgIpc) is 2.19. The number of nitrogens with one attached hydrogen (secondary N) is 1. The van der Waals surface area contributed by atoms with Crippen LogP contribution in [0.1, 0.15) is 6.92 Å². The van der Waals surface area contributed by atoms with Crippen LogP contribution in [0.25, 0.3) is 0 Å². The highest BCUT2D eigenvalue weighted by Gasteiger charge is 2.13. The summed E-state index contributed by atoms with van der Waals surface area (Å²) < 4.78 is 4.52. The molecule has 1 amide bonds. The van der Waals surface area contributed by atoms with Crippen molar-refractivity contribution >= 4 is 30.0 Å². The molecule has 0 heterocycles. The molecule has 0 radical (unpaired) electrons. The van der Waals surface area contributed by atoms with Gasteiger partial charge in [0.15, 0.2) is 0 Å². The Morgan fingerprint density at radius 1 is 1.27 bits per heavy atom. The van der Waals surface area contributed by atoms with Gasteiger partial charge in [0.1, 0.15) is 0 Å². The van der Waals surface area contributed by atoms with E-state index in [0.717, 1.165) is 0 Å². The van der Waals surface area contributed by atoms with Crippen LogP contribution in [-0.2, 0) is 14.3 Å². The van der Waals surface area contributed by atoms with E-state index in [9.17, 15) is 9.59 Å². The Labute approximate surface area is 94.0 Å². The van der Waals surface area contributed by atoms with Crippen molar-refractivity contribution in [3.8, 4) is 0 Å². The lowest BCUT2D eigenvalue weighted by Crippen LogP contribution is -2.24. The minimum Gasteiger partial charge on any atom is -0.459 e. The van der Waals surface area contributed by atoms with Crippen LogP contribution < -0.4 is 5.32 Å². The van der Waals surface area contributed by atoms with Crippen molar-refractivity contribution < 1.29 is 14.3 Å². The van der Waals surface area contributed by atoms with Crippen molar-refractivity contribution in [1.82, 2.24) is 0 Å². The fourth-order valence-corrected chi connectivity index (χ4v) is 0.900. The molecule has 82 valence electrons. The quantitative estimate of drug-likeness (QED) is 0.619. The first-order valence-electron chi connectivity index (χ1n) is 4.27. The van der Waals surface area contributed by atoms with Crippen LogP contribution in [0.15, 0.2) is 30.3 Å². The van der Waals surface area contributed by atoms with Crippen molar-refractivity contribution in [2.45, 2.75) is 6.92 Å². The van der Waals surface area contributed by atoms with E-state index in [1.807, 2.05) is 6.07 Å². The van der Waals surface area contributed by atoms with Gasteiger partial charge in [-0.2, -0.15) is 0 Å². The van der Waals surface area contributed by atoms with Crippen LogP contribution >= 0.6 is 12.4 Å². The number of halogens is 1. The average molecular weight is 230 g/mol. The second-order valence-corrected chi connectivity index (χ2v) is 2.54. The van der Waals surface area contributed by atoms with E-state index in [1.165, 1.54) is 0 Å². The molecule has 15 heavy (non-hydrogen) atoms. The molecule has 0 aromatic heterocycles. The van der Waals surface area contributed by atoms with Gasteiger partial charge in [0.2, 0.25) is 0 Å². The molecule has 0 fully saturated rings. The molecule has 0 aliphatic rings. The first kappa shape index (κ1) is 13.5. The highest BCUT2D eigenvalue weighted by Crippen LogP contribution is 2.04. The van der Waals surface area contributed by atoms with E-state index in [1.54, 1.807) is 31.2 Å². The lowest BCUT2D eigenvalue weighted by atomic mass is 10.3. The molecule has 0 aliphatic heterocycles. The fourth-order valence-electron chi connectivity index (χ4n) is 0.900. The third-order valence-corrected chi connectivity index (χ3v) is 1.49. The highest BCUT2D eigenvalue weighted by atomic mass is 35.5. The molecule has 0 saturated heterocycles. The maximum atomic E-state index is 11.1. The van der Waals surface area contributed by atoms with Crippen molar-refractivity contribution in [3.63, 3.8) is 0 Å². The normalized spacial score (nSPS) is 8.60. The van der Waals surface area contributed by atoms with Crippen LogP contribution in [0.3, 0.4) is 0 Å². The van der Waals surface area contributed by atoms with Crippen molar-refractivity contribution in [2.75, 3.05) is 11.9 Å². The maximum Gasteiger partial charge on any atom is 0.397 e. The topological polar surface area (TPSA) is 55.4 Å². The SMILES string of the molecule is CCOC(=O)C(=O)Nc1ccccc1.Cl. The number of benzene rings is 1. The van der Waals surface area contributed by atoms with Crippen LogP contribution in [0, 0.1) is 0 Å². The van der Waals surface area contributed by atoms with E-state index in [2.05, 4.69) is 10.1 Å². The van der Waals surface area contributed by atoms with Crippen molar-refractivity contribution in [1.29, 1.82) is 0 Å². The van der Waals surface area contributed by atoms with Gasteiger partial charge in [0.05, 0.1) is 6.61 Å². The van der Waals surface area contributed by atoms with Crippen molar-refractivity contribution in [3.05, 3.63) is 30.3 Å². The number of hydrogen-bond acceptors (Lipinski definition) is 3. The molecule has 0 unspecified atom stereocenters. The Morgan fingerprint density at radius 3 is 2.40 bits per heavy atom. The molecule has 5 heteroatoms. The highest BCUT2D eigenvalue weighted by molar-refractivity contribution is 6.37. The van der Waals surface area contributed by atoms with Gasteiger partial charge in [-0.15, -0.1) is 12.4 Å². The number of amides is 1. The van der Waals surface area contributed by atoms with Gasteiger partial charge >= 0.3 is 11.9 Å². The van der Waals surface area contributed by atoms with Crippen LogP contribution in [-0.4, -0.2) is 18.5 Å². The number of anilines is 1. The first-order valence-corrected chi connectivity index (χ1v) is 4.27. The Balaban J connectivity index is 0.00000196. The van der Waals surface area contributed by atoms with Gasteiger partial charge in [-0.3, -0.25) is 4.79 Å². The van der Waals surface area contributed by atoms with Gasteiger partial charge in [0.25, 0.3) is 0 Å². The molecule has 1 aromatic rings. The predicted octanol–water partition coefficient (Wildman–Crippen LogP) is 1.61. The zero-order valence-corrected chi connectivity index (χ0v) is 9.04. The number of hydrogen-bond donors (Lipinski definition) is 1. The zero-order chi connectivity index (χ0) is 10.4. The molecule has 0 bridgehead atoms. The van der Waals surface area contributed by atoms with Gasteiger partial charge in [-0.1, -0.05) is 18.2 Å². The molecule has 0 atom stereocenters. The number of carbonyl (C=O) groups excluding carboxylic acids is 2. The summed E-state index contributed by atoms with van der Waals surface area (Å²) in [5.41, 5.74) is 0.575. The molecule has 4 nitrogen and oxygen atoms in total. The molecule has 0 saturated carbocycles. The number of esters is 1. The molecule has 1 N–H and O–H groups in total. The Hall–Kier alpha value is -1.55.